The number of ketones is 1. The van der Waals surface area contributed by atoms with Crippen LogP contribution in [0.5, 0.6) is 0 Å². The Morgan fingerprint density at radius 3 is 2.50 bits per heavy atom. The Balaban J connectivity index is 1.64. The number of benzene rings is 2. The number of halogens is 2. The maximum atomic E-state index is 12.8. The molecule has 0 fully saturated rings. The molecular formula is C19H19BrFNO2. The third kappa shape index (κ3) is 6.24. The Kier molecular flexibility index (Phi) is 7.12. The Hall–Kier alpha value is -2.01. The summed E-state index contributed by atoms with van der Waals surface area (Å²) >= 11 is 3.43. The molecule has 1 amide bonds. The van der Waals surface area contributed by atoms with Gasteiger partial charge in [-0.15, -0.1) is 0 Å². The van der Waals surface area contributed by atoms with Crippen molar-refractivity contribution in [1.82, 2.24) is 5.32 Å². The number of carbonyl (C=O) groups excluding carboxylic acids is 2. The van der Waals surface area contributed by atoms with Gasteiger partial charge >= 0.3 is 0 Å². The SMILES string of the molecule is O=C(CCC(=O)c1ccc(F)cc1)NCCCc1cccc(Br)c1. The number of aryl methyl sites for hydroxylation is 1. The molecular weight excluding hydrogens is 373 g/mol. The molecule has 0 atom stereocenters. The average molecular weight is 392 g/mol. The minimum Gasteiger partial charge on any atom is -0.356 e. The molecule has 0 aromatic heterocycles. The van der Waals surface area contributed by atoms with Gasteiger partial charge in [-0.1, -0.05) is 28.1 Å². The Morgan fingerprint density at radius 2 is 1.79 bits per heavy atom. The summed E-state index contributed by atoms with van der Waals surface area (Å²) in [7, 11) is 0. The Labute approximate surface area is 149 Å². The molecule has 0 saturated carbocycles. The molecule has 5 heteroatoms. The highest BCUT2D eigenvalue weighted by Crippen LogP contribution is 2.12. The van der Waals surface area contributed by atoms with Crippen LogP contribution in [0.3, 0.4) is 0 Å². The zero-order valence-corrected chi connectivity index (χ0v) is 14.8. The van der Waals surface area contributed by atoms with E-state index in [1.807, 2.05) is 18.2 Å². The van der Waals surface area contributed by atoms with Gasteiger partial charge in [0.1, 0.15) is 5.82 Å². The highest BCUT2D eigenvalue weighted by Gasteiger charge is 2.09. The summed E-state index contributed by atoms with van der Waals surface area (Å²) in [5.41, 5.74) is 1.64. The molecule has 2 rings (SSSR count). The fourth-order valence-corrected chi connectivity index (χ4v) is 2.76. The molecule has 0 aliphatic carbocycles. The molecule has 1 N–H and O–H groups in total. The largest absolute Gasteiger partial charge is 0.356 e. The third-order valence-electron chi connectivity index (χ3n) is 3.60. The summed E-state index contributed by atoms with van der Waals surface area (Å²) in [6.07, 6.45) is 2.00. The van der Waals surface area contributed by atoms with E-state index < -0.39 is 0 Å². The lowest BCUT2D eigenvalue weighted by Gasteiger charge is -2.06. The fourth-order valence-electron chi connectivity index (χ4n) is 2.31. The van der Waals surface area contributed by atoms with Gasteiger partial charge in [-0.25, -0.2) is 4.39 Å². The van der Waals surface area contributed by atoms with Gasteiger partial charge in [0.15, 0.2) is 5.78 Å². The predicted molar refractivity (Wildman–Crippen MR) is 95.4 cm³/mol. The second-order valence-corrected chi connectivity index (χ2v) is 6.43. The van der Waals surface area contributed by atoms with Gasteiger partial charge in [-0.3, -0.25) is 9.59 Å². The van der Waals surface area contributed by atoms with Crippen LogP contribution in [0.2, 0.25) is 0 Å². The van der Waals surface area contributed by atoms with Gasteiger partial charge in [-0.05, 0) is 54.8 Å². The molecule has 24 heavy (non-hydrogen) atoms. The fraction of sp³-hybridized carbons (Fsp3) is 0.263. The van der Waals surface area contributed by atoms with E-state index in [2.05, 4.69) is 27.3 Å². The lowest BCUT2D eigenvalue weighted by molar-refractivity contribution is -0.121. The zero-order chi connectivity index (χ0) is 17.4. The summed E-state index contributed by atoms with van der Waals surface area (Å²) in [6.45, 7) is 0.579. The van der Waals surface area contributed by atoms with E-state index in [-0.39, 0.29) is 30.3 Å². The summed E-state index contributed by atoms with van der Waals surface area (Å²) < 4.78 is 13.8. The molecule has 0 spiro atoms. The maximum Gasteiger partial charge on any atom is 0.220 e. The van der Waals surface area contributed by atoms with Crippen LogP contribution in [0, 0.1) is 5.82 Å². The van der Waals surface area contributed by atoms with E-state index in [9.17, 15) is 14.0 Å². The highest BCUT2D eigenvalue weighted by molar-refractivity contribution is 9.10. The molecule has 0 radical (unpaired) electrons. The van der Waals surface area contributed by atoms with E-state index in [1.54, 1.807) is 0 Å². The maximum absolute atomic E-state index is 12.8. The summed E-state index contributed by atoms with van der Waals surface area (Å²) in [5.74, 6) is -0.672. The number of carbonyl (C=O) groups is 2. The van der Waals surface area contributed by atoms with E-state index in [0.717, 1.165) is 17.3 Å². The van der Waals surface area contributed by atoms with Crippen molar-refractivity contribution >= 4 is 27.6 Å². The zero-order valence-electron chi connectivity index (χ0n) is 13.2. The first-order valence-corrected chi connectivity index (χ1v) is 8.64. The first-order chi connectivity index (χ1) is 11.5. The molecule has 0 unspecified atom stereocenters. The van der Waals surface area contributed by atoms with Gasteiger partial charge in [0.05, 0.1) is 0 Å². The summed E-state index contributed by atoms with van der Waals surface area (Å²) in [4.78, 5) is 23.7. The molecule has 0 saturated heterocycles. The van der Waals surface area contributed by atoms with Crippen molar-refractivity contribution in [1.29, 1.82) is 0 Å². The highest BCUT2D eigenvalue weighted by atomic mass is 79.9. The quantitative estimate of drug-likeness (QED) is 0.538. The molecule has 0 aliphatic heterocycles. The van der Waals surface area contributed by atoms with Crippen LogP contribution in [0.4, 0.5) is 4.39 Å². The minimum absolute atomic E-state index is 0.128. The van der Waals surface area contributed by atoms with Crippen LogP contribution in [0.15, 0.2) is 53.0 Å². The topological polar surface area (TPSA) is 46.2 Å². The number of hydrogen-bond acceptors (Lipinski definition) is 2. The molecule has 0 bridgehead atoms. The lowest BCUT2D eigenvalue weighted by atomic mass is 10.1. The van der Waals surface area contributed by atoms with Crippen LogP contribution < -0.4 is 5.32 Å². The van der Waals surface area contributed by atoms with Crippen LogP contribution in [0.1, 0.15) is 35.2 Å². The van der Waals surface area contributed by atoms with Crippen molar-refractivity contribution in [3.8, 4) is 0 Å². The van der Waals surface area contributed by atoms with Gasteiger partial charge in [0, 0.05) is 29.4 Å². The molecule has 0 aliphatic rings. The van der Waals surface area contributed by atoms with Gasteiger partial charge < -0.3 is 5.32 Å². The molecule has 2 aromatic rings. The van der Waals surface area contributed by atoms with Crippen LogP contribution >= 0.6 is 15.9 Å². The van der Waals surface area contributed by atoms with Crippen molar-refractivity contribution in [3.05, 3.63) is 69.9 Å². The lowest BCUT2D eigenvalue weighted by Crippen LogP contribution is -2.25. The first-order valence-electron chi connectivity index (χ1n) is 7.84. The number of nitrogens with one attached hydrogen (secondary N) is 1. The van der Waals surface area contributed by atoms with Crippen molar-refractivity contribution in [2.45, 2.75) is 25.7 Å². The van der Waals surface area contributed by atoms with Crippen molar-refractivity contribution in [2.75, 3.05) is 6.54 Å². The third-order valence-corrected chi connectivity index (χ3v) is 4.09. The predicted octanol–water partition coefficient (Wildman–Crippen LogP) is 4.30. The number of rotatable bonds is 8. The second-order valence-electron chi connectivity index (χ2n) is 5.51. The van der Waals surface area contributed by atoms with E-state index in [4.69, 9.17) is 0 Å². The second kappa shape index (κ2) is 9.33. The summed E-state index contributed by atoms with van der Waals surface area (Å²) in [5, 5.41) is 2.82. The average Bonchev–Trinajstić information content (AvgIpc) is 2.57. The van der Waals surface area contributed by atoms with E-state index in [0.29, 0.717) is 12.1 Å². The van der Waals surface area contributed by atoms with Crippen molar-refractivity contribution < 1.29 is 14.0 Å². The normalized spacial score (nSPS) is 10.4. The molecule has 0 heterocycles. The minimum atomic E-state index is -0.380. The molecule has 126 valence electrons. The summed E-state index contributed by atoms with van der Waals surface area (Å²) in [6, 6.07) is 13.4. The number of amides is 1. The number of hydrogen-bond donors (Lipinski definition) is 1. The van der Waals surface area contributed by atoms with Gasteiger partial charge in [0.25, 0.3) is 0 Å². The standard InChI is InChI=1S/C19H19BrFNO2/c20-16-5-1-3-14(13-16)4-2-12-22-19(24)11-10-18(23)15-6-8-17(21)9-7-15/h1,3,5-9,13H,2,4,10-12H2,(H,22,24). The van der Waals surface area contributed by atoms with Crippen molar-refractivity contribution in [2.24, 2.45) is 0 Å². The van der Waals surface area contributed by atoms with Gasteiger partial charge in [-0.2, -0.15) is 0 Å². The number of Topliss-reactive ketones (excluding diaryl/α,β-unsaturated/α-hetero) is 1. The van der Waals surface area contributed by atoms with E-state index in [1.165, 1.54) is 29.8 Å². The molecule has 3 nitrogen and oxygen atoms in total. The van der Waals surface area contributed by atoms with Gasteiger partial charge in [0.2, 0.25) is 5.91 Å². The monoisotopic (exact) mass is 391 g/mol. The first kappa shape index (κ1) is 18.3. The van der Waals surface area contributed by atoms with E-state index >= 15 is 0 Å². The van der Waals surface area contributed by atoms with Crippen LogP contribution in [-0.4, -0.2) is 18.2 Å². The molecule has 2 aromatic carbocycles. The van der Waals surface area contributed by atoms with Crippen molar-refractivity contribution in [3.63, 3.8) is 0 Å². The smallest absolute Gasteiger partial charge is 0.220 e. The van der Waals surface area contributed by atoms with Crippen LogP contribution in [0.25, 0.3) is 0 Å². The Morgan fingerprint density at radius 1 is 1.04 bits per heavy atom. The Bertz CT molecular complexity index is 701. The van der Waals surface area contributed by atoms with Crippen LogP contribution in [-0.2, 0) is 11.2 Å².